The van der Waals surface area contributed by atoms with Gasteiger partial charge >= 0.3 is 0 Å². The van der Waals surface area contributed by atoms with E-state index >= 15 is 0 Å². The lowest BCUT2D eigenvalue weighted by atomic mass is 9.67. The summed E-state index contributed by atoms with van der Waals surface area (Å²) >= 11 is 0. The van der Waals surface area contributed by atoms with Gasteiger partial charge in [0, 0.05) is 29.0 Å². The van der Waals surface area contributed by atoms with Crippen molar-refractivity contribution in [1.29, 1.82) is 0 Å². The second kappa shape index (κ2) is 8.53. The van der Waals surface area contributed by atoms with E-state index in [0.29, 0.717) is 11.1 Å². The lowest BCUT2D eigenvalue weighted by molar-refractivity contribution is 0.353. The van der Waals surface area contributed by atoms with Crippen LogP contribution in [-0.2, 0) is 5.41 Å². The summed E-state index contributed by atoms with van der Waals surface area (Å²) in [7, 11) is 0. The van der Waals surface area contributed by atoms with E-state index < -0.39 is 85.3 Å². The fourth-order valence-corrected chi connectivity index (χ4v) is 4.75. The highest BCUT2D eigenvalue weighted by Crippen LogP contribution is 2.56. The highest BCUT2D eigenvalue weighted by molar-refractivity contribution is 5.83. The quantitative estimate of drug-likeness (QED) is 0.263. The smallest absolute Gasteiger partial charge is 0.164 e. The summed E-state index contributed by atoms with van der Waals surface area (Å²) in [5, 5.41) is 0. The highest BCUT2D eigenvalue weighted by Gasteiger charge is 2.43. The van der Waals surface area contributed by atoms with E-state index in [-0.39, 0.29) is 39.7 Å². The normalized spacial score (nSPS) is 23.6. The first kappa shape index (κ1) is 12.2. The molecule has 1 saturated carbocycles. The van der Waals surface area contributed by atoms with Gasteiger partial charge in [-0.25, -0.2) is 15.0 Å². The number of hydrogen-bond donors (Lipinski definition) is 0. The standard InChI is InChI=1S/C33H27N3/c1-4-12-23(13-5-1)30-34-31(24-14-6-2-7-15-24)36-32(35-30)25-18-19-27-26-16-8-9-17-28(26)33(29(27)22-25)20-10-3-11-21-33/h1-2,4-9,12-19,22H,3,10-11,20-21H2/i3D,8D,9D,16D,17D,18D,19D,20D2,21D2,22D. The molecule has 36 heavy (non-hydrogen) atoms. The van der Waals surface area contributed by atoms with Gasteiger partial charge in [-0.3, -0.25) is 0 Å². The zero-order valence-corrected chi connectivity index (χ0v) is 19.1. The molecule has 0 unspecified atom stereocenters. The Morgan fingerprint density at radius 2 is 1.17 bits per heavy atom. The third kappa shape index (κ3) is 3.38. The van der Waals surface area contributed by atoms with Gasteiger partial charge in [0.15, 0.2) is 17.5 Å². The predicted octanol–water partition coefficient (Wildman–Crippen LogP) is 8.10. The van der Waals surface area contributed by atoms with Crippen LogP contribution >= 0.6 is 0 Å². The third-order valence-electron chi connectivity index (χ3n) is 6.45. The first-order valence-electron chi connectivity index (χ1n) is 17.8. The molecule has 1 spiro atoms. The summed E-state index contributed by atoms with van der Waals surface area (Å²) in [6, 6.07) is 13.5. The van der Waals surface area contributed by atoms with Gasteiger partial charge in [-0.15, -0.1) is 0 Å². The lowest BCUT2D eigenvalue weighted by Crippen LogP contribution is -2.28. The fraction of sp³-hybridized carbons (Fsp3) is 0.182. The van der Waals surface area contributed by atoms with Crippen molar-refractivity contribution in [1.82, 2.24) is 15.0 Å². The van der Waals surface area contributed by atoms with Crippen molar-refractivity contribution in [3.63, 3.8) is 0 Å². The number of benzene rings is 4. The molecule has 2 aliphatic rings. The molecule has 0 amide bonds. The Balaban J connectivity index is 1.64. The molecular formula is C33H27N3. The van der Waals surface area contributed by atoms with Crippen molar-refractivity contribution < 1.29 is 16.4 Å². The van der Waals surface area contributed by atoms with Gasteiger partial charge in [-0.1, -0.05) is 116 Å². The fourth-order valence-electron chi connectivity index (χ4n) is 4.75. The molecule has 0 N–H and O–H groups in total. The van der Waals surface area contributed by atoms with E-state index in [1.807, 2.05) is 12.1 Å². The summed E-state index contributed by atoms with van der Waals surface area (Å²) in [4.78, 5) is 13.9. The monoisotopic (exact) mass is 477 g/mol. The number of fused-ring (bicyclic) bond motifs is 5. The van der Waals surface area contributed by atoms with Crippen LogP contribution in [-0.4, -0.2) is 15.0 Å². The molecular weight excluding hydrogens is 438 g/mol. The topological polar surface area (TPSA) is 38.7 Å². The van der Waals surface area contributed by atoms with Gasteiger partial charge in [-0.05, 0) is 41.0 Å². The van der Waals surface area contributed by atoms with E-state index in [2.05, 4.69) is 15.0 Å². The second-order valence-electron chi connectivity index (χ2n) is 8.59. The lowest BCUT2D eigenvalue weighted by Gasteiger charge is -2.36. The molecule has 4 aromatic carbocycles. The van der Waals surface area contributed by atoms with Crippen LogP contribution < -0.4 is 0 Å². The predicted molar refractivity (Wildman–Crippen MR) is 145 cm³/mol. The summed E-state index contributed by atoms with van der Waals surface area (Å²) in [5.41, 5.74) is -3.03. The maximum absolute atomic E-state index is 9.64. The SMILES string of the molecule is [2H]c1c([2H])c([2H])c2c(c1[2H])-c1c([2H])c([2H])c(-c3nc(-c4ccccc4)nc(-c4ccccc4)n3)c([2H])c1C21C([2H])([2H])CC([2H])CC1([2H])[2H]. The Kier molecular flexibility index (Phi) is 2.90. The Labute approximate surface area is 228 Å². The average Bonchev–Trinajstić information content (AvgIpc) is 3.40. The Morgan fingerprint density at radius 1 is 0.611 bits per heavy atom. The van der Waals surface area contributed by atoms with E-state index in [1.54, 1.807) is 48.5 Å². The van der Waals surface area contributed by atoms with Crippen LogP contribution in [0.15, 0.2) is 103 Å². The van der Waals surface area contributed by atoms with Crippen LogP contribution in [0, 0.1) is 0 Å². The van der Waals surface area contributed by atoms with E-state index in [0.717, 1.165) is 0 Å². The van der Waals surface area contributed by atoms with Crippen LogP contribution in [0.5, 0.6) is 0 Å². The van der Waals surface area contributed by atoms with Crippen molar-refractivity contribution in [3.05, 3.63) is 114 Å². The third-order valence-corrected chi connectivity index (χ3v) is 6.45. The van der Waals surface area contributed by atoms with Gasteiger partial charge < -0.3 is 0 Å². The largest absolute Gasteiger partial charge is 0.208 e. The molecule has 1 fully saturated rings. The first-order valence-corrected chi connectivity index (χ1v) is 11.7. The zero-order chi connectivity index (χ0) is 34.5. The second-order valence-corrected chi connectivity index (χ2v) is 8.59. The molecule has 0 atom stereocenters. The van der Waals surface area contributed by atoms with Crippen LogP contribution in [0.4, 0.5) is 0 Å². The van der Waals surface area contributed by atoms with Crippen LogP contribution in [0.1, 0.15) is 59.6 Å². The molecule has 0 radical (unpaired) electrons. The van der Waals surface area contributed by atoms with E-state index in [4.69, 9.17) is 8.22 Å². The van der Waals surface area contributed by atoms with Gasteiger partial charge in [0.25, 0.3) is 0 Å². The van der Waals surface area contributed by atoms with Crippen molar-refractivity contribution in [3.8, 4) is 45.3 Å². The van der Waals surface area contributed by atoms with Crippen LogP contribution in [0.3, 0.4) is 0 Å². The van der Waals surface area contributed by atoms with Gasteiger partial charge in [0.05, 0.1) is 9.60 Å². The summed E-state index contributed by atoms with van der Waals surface area (Å²) < 4.78 is 108. The minimum atomic E-state index is -2.66. The number of aromatic nitrogens is 3. The molecule has 0 bridgehead atoms. The van der Waals surface area contributed by atoms with Crippen molar-refractivity contribution >= 4 is 0 Å². The Hall–Kier alpha value is -4.11. The van der Waals surface area contributed by atoms with Crippen LogP contribution in [0.2, 0.25) is 0 Å². The summed E-state index contributed by atoms with van der Waals surface area (Å²) in [5.74, 6) is 0.210. The molecule has 7 rings (SSSR count). The number of rotatable bonds is 3. The molecule has 1 heterocycles. The summed E-state index contributed by atoms with van der Waals surface area (Å²) in [6.07, 6.45) is -7.51. The Bertz CT molecular complexity index is 2060. The minimum Gasteiger partial charge on any atom is -0.208 e. The highest BCUT2D eigenvalue weighted by atomic mass is 15.0. The molecule has 1 aromatic heterocycles. The first-order chi connectivity index (χ1) is 22.6. The summed E-state index contributed by atoms with van der Waals surface area (Å²) in [6.45, 7) is 0. The maximum Gasteiger partial charge on any atom is 0.164 e. The van der Waals surface area contributed by atoms with Gasteiger partial charge in [-0.2, -0.15) is 0 Å². The Morgan fingerprint density at radius 3 is 1.81 bits per heavy atom. The van der Waals surface area contributed by atoms with E-state index in [1.165, 1.54) is 0 Å². The molecule has 3 heteroatoms. The molecule has 3 nitrogen and oxygen atoms in total. The maximum atomic E-state index is 9.64. The number of hydrogen-bond acceptors (Lipinski definition) is 3. The van der Waals surface area contributed by atoms with Crippen molar-refractivity contribution in [2.75, 3.05) is 0 Å². The van der Waals surface area contributed by atoms with Crippen molar-refractivity contribution in [2.24, 2.45) is 0 Å². The molecule has 174 valence electrons. The average molecular weight is 478 g/mol. The molecule has 0 aliphatic heterocycles. The molecule has 0 saturated heterocycles. The van der Waals surface area contributed by atoms with Gasteiger partial charge in [0.1, 0.15) is 0 Å². The zero-order valence-electron chi connectivity index (χ0n) is 31.1. The van der Waals surface area contributed by atoms with E-state index in [9.17, 15) is 8.22 Å². The number of nitrogens with zero attached hydrogens (tertiary/aromatic N) is 3. The van der Waals surface area contributed by atoms with Crippen LogP contribution in [0.25, 0.3) is 45.3 Å². The minimum absolute atomic E-state index is 0.185. The molecule has 5 aromatic rings. The van der Waals surface area contributed by atoms with Gasteiger partial charge in [0.2, 0.25) is 0 Å². The molecule has 2 aliphatic carbocycles. The van der Waals surface area contributed by atoms with Crippen molar-refractivity contribution in [2.45, 2.75) is 37.4 Å².